The second-order valence-electron chi connectivity index (χ2n) is 5.34. The van der Waals surface area contributed by atoms with E-state index in [-0.39, 0.29) is 17.8 Å². The Morgan fingerprint density at radius 2 is 1.86 bits per heavy atom. The Labute approximate surface area is 123 Å². The molecule has 0 spiro atoms. The van der Waals surface area contributed by atoms with E-state index in [9.17, 15) is 9.18 Å². The SMILES string of the molecule is Cc1ccc2c(c1)C=CC(C)N2C(=O)c1ccc(F)cc1. The maximum Gasteiger partial charge on any atom is 0.258 e. The highest BCUT2D eigenvalue weighted by Gasteiger charge is 2.26. The standard InChI is InChI=1S/C18H16FNO/c1-12-3-10-17-15(11-12)5-4-13(2)20(17)18(21)14-6-8-16(19)9-7-14/h3-11,13H,1-2H3. The van der Waals surface area contributed by atoms with Crippen LogP contribution in [0.25, 0.3) is 6.08 Å². The van der Waals surface area contributed by atoms with Gasteiger partial charge in [0.15, 0.2) is 0 Å². The fourth-order valence-corrected chi connectivity index (χ4v) is 2.60. The van der Waals surface area contributed by atoms with Crippen molar-refractivity contribution in [1.82, 2.24) is 0 Å². The number of carbonyl (C=O) groups excluding carboxylic acids is 1. The van der Waals surface area contributed by atoms with E-state index in [1.165, 1.54) is 24.3 Å². The van der Waals surface area contributed by atoms with Gasteiger partial charge in [-0.05, 0) is 55.8 Å². The number of halogens is 1. The number of hydrogen-bond donors (Lipinski definition) is 0. The molecular formula is C18H16FNO. The maximum atomic E-state index is 13.0. The van der Waals surface area contributed by atoms with Crippen molar-refractivity contribution in [2.24, 2.45) is 0 Å². The predicted molar refractivity (Wildman–Crippen MR) is 82.9 cm³/mol. The van der Waals surface area contributed by atoms with E-state index in [1.807, 2.05) is 38.1 Å². The molecule has 106 valence electrons. The fourth-order valence-electron chi connectivity index (χ4n) is 2.60. The molecule has 0 N–H and O–H groups in total. The molecule has 0 aliphatic carbocycles. The van der Waals surface area contributed by atoms with Gasteiger partial charge in [0.05, 0.1) is 11.7 Å². The molecule has 21 heavy (non-hydrogen) atoms. The highest BCUT2D eigenvalue weighted by atomic mass is 19.1. The van der Waals surface area contributed by atoms with Crippen LogP contribution in [0.4, 0.5) is 10.1 Å². The third-order valence-electron chi connectivity index (χ3n) is 3.71. The highest BCUT2D eigenvalue weighted by molar-refractivity contribution is 6.08. The van der Waals surface area contributed by atoms with Gasteiger partial charge in [-0.1, -0.05) is 23.8 Å². The predicted octanol–water partition coefficient (Wildman–Crippen LogP) is 4.20. The van der Waals surface area contributed by atoms with Crippen molar-refractivity contribution in [2.45, 2.75) is 19.9 Å². The van der Waals surface area contributed by atoms with Crippen molar-refractivity contribution in [3.8, 4) is 0 Å². The summed E-state index contributed by atoms with van der Waals surface area (Å²) in [7, 11) is 0. The average molecular weight is 281 g/mol. The lowest BCUT2D eigenvalue weighted by Crippen LogP contribution is -2.39. The average Bonchev–Trinajstić information content (AvgIpc) is 2.47. The zero-order chi connectivity index (χ0) is 15.0. The molecule has 1 unspecified atom stereocenters. The van der Waals surface area contributed by atoms with E-state index in [1.54, 1.807) is 4.90 Å². The van der Waals surface area contributed by atoms with Gasteiger partial charge < -0.3 is 4.90 Å². The Morgan fingerprint density at radius 3 is 2.57 bits per heavy atom. The van der Waals surface area contributed by atoms with E-state index in [2.05, 4.69) is 6.07 Å². The zero-order valence-corrected chi connectivity index (χ0v) is 12.0. The van der Waals surface area contributed by atoms with Crippen LogP contribution in [-0.4, -0.2) is 11.9 Å². The molecule has 1 atom stereocenters. The number of rotatable bonds is 1. The quantitative estimate of drug-likeness (QED) is 0.767. The summed E-state index contributed by atoms with van der Waals surface area (Å²) in [6.07, 6.45) is 4.05. The van der Waals surface area contributed by atoms with Gasteiger partial charge >= 0.3 is 0 Å². The third kappa shape index (κ3) is 2.47. The molecule has 1 aliphatic heterocycles. The van der Waals surface area contributed by atoms with Crippen LogP contribution in [-0.2, 0) is 0 Å². The Balaban J connectivity index is 2.03. The van der Waals surface area contributed by atoms with Crippen molar-refractivity contribution in [3.63, 3.8) is 0 Å². The van der Waals surface area contributed by atoms with Crippen molar-refractivity contribution in [3.05, 3.63) is 71.0 Å². The second-order valence-corrected chi connectivity index (χ2v) is 5.34. The second kappa shape index (κ2) is 5.17. The van der Waals surface area contributed by atoms with E-state index < -0.39 is 0 Å². The Bertz CT molecular complexity index is 718. The summed E-state index contributed by atoms with van der Waals surface area (Å²) in [6, 6.07) is 11.7. The van der Waals surface area contributed by atoms with Crippen LogP contribution in [0.2, 0.25) is 0 Å². The van der Waals surface area contributed by atoms with Crippen molar-refractivity contribution in [1.29, 1.82) is 0 Å². The topological polar surface area (TPSA) is 20.3 Å². The summed E-state index contributed by atoms with van der Waals surface area (Å²) < 4.78 is 13.0. The first-order chi connectivity index (χ1) is 10.1. The third-order valence-corrected chi connectivity index (χ3v) is 3.71. The summed E-state index contributed by atoms with van der Waals surface area (Å²) >= 11 is 0. The number of nitrogens with zero attached hydrogens (tertiary/aromatic N) is 1. The maximum absolute atomic E-state index is 13.0. The Kier molecular flexibility index (Phi) is 3.34. The molecule has 1 heterocycles. The minimum atomic E-state index is -0.339. The first-order valence-electron chi connectivity index (χ1n) is 6.94. The lowest BCUT2D eigenvalue weighted by Gasteiger charge is -2.32. The van der Waals surface area contributed by atoms with Crippen molar-refractivity contribution in [2.75, 3.05) is 4.90 Å². The Hall–Kier alpha value is -2.42. The van der Waals surface area contributed by atoms with E-state index in [0.29, 0.717) is 5.56 Å². The van der Waals surface area contributed by atoms with Gasteiger partial charge in [-0.3, -0.25) is 4.79 Å². The minimum Gasteiger partial charge on any atom is -0.301 e. The van der Waals surface area contributed by atoms with Gasteiger partial charge in [0.2, 0.25) is 0 Å². The fraction of sp³-hybridized carbons (Fsp3) is 0.167. The van der Waals surface area contributed by atoms with Crippen LogP contribution in [0.15, 0.2) is 48.5 Å². The van der Waals surface area contributed by atoms with Crippen LogP contribution in [0, 0.1) is 12.7 Å². The monoisotopic (exact) mass is 281 g/mol. The Morgan fingerprint density at radius 1 is 1.14 bits per heavy atom. The van der Waals surface area contributed by atoms with E-state index in [4.69, 9.17) is 0 Å². The summed E-state index contributed by atoms with van der Waals surface area (Å²) in [6.45, 7) is 4.00. The molecule has 2 aromatic carbocycles. The zero-order valence-electron chi connectivity index (χ0n) is 12.0. The molecule has 3 heteroatoms. The molecule has 0 saturated carbocycles. The molecule has 1 aliphatic rings. The lowest BCUT2D eigenvalue weighted by molar-refractivity contribution is 0.0982. The molecule has 2 nitrogen and oxygen atoms in total. The number of aryl methyl sites for hydroxylation is 1. The van der Waals surface area contributed by atoms with Gasteiger partial charge in [-0.2, -0.15) is 0 Å². The molecule has 0 radical (unpaired) electrons. The van der Waals surface area contributed by atoms with Gasteiger partial charge in [-0.15, -0.1) is 0 Å². The van der Waals surface area contributed by atoms with Crippen molar-refractivity contribution < 1.29 is 9.18 Å². The van der Waals surface area contributed by atoms with Crippen LogP contribution in [0.3, 0.4) is 0 Å². The molecule has 0 bridgehead atoms. The number of hydrogen-bond acceptors (Lipinski definition) is 1. The molecular weight excluding hydrogens is 265 g/mol. The minimum absolute atomic E-state index is 0.0299. The normalized spacial score (nSPS) is 16.7. The highest BCUT2D eigenvalue weighted by Crippen LogP contribution is 2.31. The number of amides is 1. The molecule has 0 fully saturated rings. The van der Waals surface area contributed by atoms with Gasteiger partial charge in [0.25, 0.3) is 5.91 Å². The van der Waals surface area contributed by atoms with Crippen LogP contribution < -0.4 is 4.90 Å². The number of fused-ring (bicyclic) bond motifs is 1. The molecule has 1 amide bonds. The van der Waals surface area contributed by atoms with Crippen LogP contribution in [0.5, 0.6) is 0 Å². The van der Waals surface area contributed by atoms with Gasteiger partial charge in [-0.25, -0.2) is 4.39 Å². The molecule has 0 aromatic heterocycles. The van der Waals surface area contributed by atoms with Gasteiger partial charge in [0, 0.05) is 5.56 Å². The number of carbonyl (C=O) groups is 1. The van der Waals surface area contributed by atoms with E-state index in [0.717, 1.165) is 16.8 Å². The van der Waals surface area contributed by atoms with Crippen LogP contribution >= 0.6 is 0 Å². The summed E-state index contributed by atoms with van der Waals surface area (Å²) in [5.41, 5.74) is 3.57. The number of benzene rings is 2. The molecule has 0 saturated heterocycles. The largest absolute Gasteiger partial charge is 0.301 e. The summed E-state index contributed by atoms with van der Waals surface area (Å²) in [4.78, 5) is 14.5. The summed E-state index contributed by atoms with van der Waals surface area (Å²) in [5.74, 6) is -0.453. The number of anilines is 1. The van der Waals surface area contributed by atoms with E-state index >= 15 is 0 Å². The van der Waals surface area contributed by atoms with Crippen LogP contribution in [0.1, 0.15) is 28.4 Å². The smallest absolute Gasteiger partial charge is 0.258 e. The van der Waals surface area contributed by atoms with Gasteiger partial charge in [0.1, 0.15) is 5.82 Å². The summed E-state index contributed by atoms with van der Waals surface area (Å²) in [5, 5.41) is 0. The molecule has 3 rings (SSSR count). The van der Waals surface area contributed by atoms with Crippen molar-refractivity contribution >= 4 is 17.7 Å². The first kappa shape index (κ1) is 13.6. The molecule has 2 aromatic rings. The lowest BCUT2D eigenvalue weighted by atomic mass is 10.0. The first-order valence-corrected chi connectivity index (χ1v) is 6.94.